The molecule has 0 radical (unpaired) electrons. The zero-order valence-corrected chi connectivity index (χ0v) is 17.2. The number of hydrogen-bond donors (Lipinski definition) is 2. The van der Waals surface area contributed by atoms with Gasteiger partial charge >= 0.3 is 5.97 Å². The van der Waals surface area contributed by atoms with E-state index in [2.05, 4.69) is 24.8 Å². The fraction of sp³-hybridized carbons (Fsp3) is 0.417. The molecule has 29 heavy (non-hydrogen) atoms. The number of carbonyl (C=O) groups is 2. The summed E-state index contributed by atoms with van der Waals surface area (Å²) in [4.78, 5) is 25.7. The maximum atomic E-state index is 11.8. The van der Waals surface area contributed by atoms with Crippen LogP contribution in [0.1, 0.15) is 41.8 Å². The van der Waals surface area contributed by atoms with Crippen LogP contribution in [0.4, 0.5) is 0 Å². The van der Waals surface area contributed by atoms with Crippen LogP contribution in [-0.4, -0.2) is 41.5 Å². The van der Waals surface area contributed by atoms with Crippen LogP contribution in [-0.2, 0) is 16.6 Å². The van der Waals surface area contributed by atoms with E-state index in [4.69, 9.17) is 5.73 Å². The van der Waals surface area contributed by atoms with E-state index in [-0.39, 0.29) is 5.41 Å². The average Bonchev–Trinajstić information content (AvgIpc) is 2.71. The normalized spacial score (nSPS) is 23.4. The van der Waals surface area contributed by atoms with Crippen molar-refractivity contribution in [3.8, 4) is 0 Å². The Hall–Kier alpha value is -2.66. The minimum absolute atomic E-state index is 0.0693. The second kappa shape index (κ2) is 8.78. The van der Waals surface area contributed by atoms with Crippen molar-refractivity contribution in [3.05, 3.63) is 71.3 Å². The standard InChI is InChI=1S/C24H30N2O3/c1-17-15-26(16-20(23(28)29)13-18-7-4-3-5-8-18)12-11-24(17,2)21-10-6-9-19(14-21)22(25)27/h3-10,14,17,20H,11-13,15-16H2,1-2H3,(H2,25,27)(H,28,29)/t17-,20-,24+/m0/s1. The molecule has 0 saturated carbocycles. The molecule has 3 rings (SSSR count). The molecule has 1 amide bonds. The van der Waals surface area contributed by atoms with Crippen molar-refractivity contribution < 1.29 is 14.7 Å². The van der Waals surface area contributed by atoms with Crippen molar-refractivity contribution in [1.29, 1.82) is 0 Å². The maximum Gasteiger partial charge on any atom is 0.308 e. The van der Waals surface area contributed by atoms with Gasteiger partial charge in [-0.05, 0) is 54.0 Å². The van der Waals surface area contributed by atoms with Gasteiger partial charge in [0, 0.05) is 18.7 Å². The predicted octanol–water partition coefficient (Wildman–Crippen LogP) is 3.33. The first-order chi connectivity index (χ1) is 13.8. The van der Waals surface area contributed by atoms with Gasteiger partial charge in [0.05, 0.1) is 5.92 Å². The van der Waals surface area contributed by atoms with E-state index in [0.29, 0.717) is 24.4 Å². The van der Waals surface area contributed by atoms with Gasteiger partial charge in [-0.2, -0.15) is 0 Å². The van der Waals surface area contributed by atoms with Gasteiger partial charge in [-0.3, -0.25) is 9.59 Å². The minimum atomic E-state index is -0.746. The van der Waals surface area contributed by atoms with E-state index in [1.165, 1.54) is 0 Å². The molecule has 0 unspecified atom stereocenters. The second-order valence-corrected chi connectivity index (χ2v) is 8.50. The number of likely N-dealkylation sites (tertiary alicyclic amines) is 1. The first-order valence-corrected chi connectivity index (χ1v) is 10.2. The number of piperidine rings is 1. The third-order valence-corrected chi connectivity index (χ3v) is 6.53. The summed E-state index contributed by atoms with van der Waals surface area (Å²) in [7, 11) is 0. The smallest absolute Gasteiger partial charge is 0.308 e. The Balaban J connectivity index is 1.69. The quantitative estimate of drug-likeness (QED) is 0.754. The van der Waals surface area contributed by atoms with Crippen LogP contribution in [0.15, 0.2) is 54.6 Å². The number of nitrogens with two attached hydrogens (primary N) is 1. The van der Waals surface area contributed by atoms with Gasteiger partial charge in [0.1, 0.15) is 0 Å². The largest absolute Gasteiger partial charge is 0.481 e. The molecule has 1 saturated heterocycles. The Bertz CT molecular complexity index is 867. The van der Waals surface area contributed by atoms with Gasteiger partial charge in [-0.25, -0.2) is 0 Å². The number of nitrogens with zero attached hydrogens (tertiary/aromatic N) is 1. The van der Waals surface area contributed by atoms with Gasteiger partial charge < -0.3 is 15.7 Å². The molecule has 3 atom stereocenters. The van der Waals surface area contributed by atoms with Crippen molar-refractivity contribution in [2.24, 2.45) is 17.6 Å². The summed E-state index contributed by atoms with van der Waals surface area (Å²) < 4.78 is 0. The number of amides is 1. The SMILES string of the molecule is C[C@H]1CN(C[C@H](Cc2ccccc2)C(=O)O)CC[C@@]1(C)c1cccc(C(N)=O)c1. The molecule has 1 aliphatic rings. The van der Waals surface area contributed by atoms with E-state index in [9.17, 15) is 14.7 Å². The highest BCUT2D eigenvalue weighted by Gasteiger charge is 2.39. The molecule has 1 aliphatic heterocycles. The molecule has 2 aromatic carbocycles. The lowest BCUT2D eigenvalue weighted by Gasteiger charge is -2.45. The van der Waals surface area contributed by atoms with Crippen molar-refractivity contribution >= 4 is 11.9 Å². The van der Waals surface area contributed by atoms with Crippen LogP contribution < -0.4 is 5.73 Å². The lowest BCUT2D eigenvalue weighted by atomic mass is 9.67. The zero-order valence-electron chi connectivity index (χ0n) is 17.2. The number of hydrogen-bond acceptors (Lipinski definition) is 3. The summed E-state index contributed by atoms with van der Waals surface area (Å²) >= 11 is 0. The van der Waals surface area contributed by atoms with Crippen molar-refractivity contribution in [3.63, 3.8) is 0 Å². The lowest BCUT2D eigenvalue weighted by Crippen LogP contribution is -2.49. The number of benzene rings is 2. The van der Waals surface area contributed by atoms with Gasteiger partial charge in [0.25, 0.3) is 0 Å². The Morgan fingerprint density at radius 2 is 1.93 bits per heavy atom. The van der Waals surface area contributed by atoms with E-state index in [1.54, 1.807) is 6.07 Å². The van der Waals surface area contributed by atoms with E-state index in [1.807, 2.05) is 42.5 Å². The topological polar surface area (TPSA) is 83.6 Å². The molecule has 154 valence electrons. The molecule has 0 aliphatic carbocycles. The van der Waals surface area contributed by atoms with Crippen LogP contribution in [0, 0.1) is 11.8 Å². The summed E-state index contributed by atoms with van der Waals surface area (Å²) in [6, 6.07) is 17.4. The molecule has 0 bridgehead atoms. The molecule has 1 heterocycles. The summed E-state index contributed by atoms with van der Waals surface area (Å²) in [5.74, 6) is -1.26. The molecule has 5 nitrogen and oxygen atoms in total. The van der Waals surface area contributed by atoms with Crippen LogP contribution in [0.2, 0.25) is 0 Å². The minimum Gasteiger partial charge on any atom is -0.481 e. The van der Waals surface area contributed by atoms with Crippen LogP contribution in [0.3, 0.4) is 0 Å². The number of primary amides is 1. The number of carboxylic acids is 1. The number of rotatable bonds is 7. The second-order valence-electron chi connectivity index (χ2n) is 8.50. The monoisotopic (exact) mass is 394 g/mol. The van der Waals surface area contributed by atoms with Gasteiger partial charge in [0.15, 0.2) is 0 Å². The molecule has 3 N–H and O–H groups in total. The summed E-state index contributed by atoms with van der Waals surface area (Å²) in [6.07, 6.45) is 1.45. The van der Waals surface area contributed by atoms with Crippen LogP contribution in [0.5, 0.6) is 0 Å². The first kappa shape index (κ1) is 21.1. The Labute approximate surface area is 172 Å². The van der Waals surface area contributed by atoms with Gasteiger partial charge in [0.2, 0.25) is 5.91 Å². The zero-order chi connectivity index (χ0) is 21.0. The third-order valence-electron chi connectivity index (χ3n) is 6.53. The Kier molecular flexibility index (Phi) is 6.38. The van der Waals surface area contributed by atoms with Gasteiger partial charge in [-0.1, -0.05) is 56.3 Å². The third kappa shape index (κ3) is 4.85. The summed E-state index contributed by atoms with van der Waals surface area (Å²) in [6.45, 7) is 6.64. The predicted molar refractivity (Wildman–Crippen MR) is 114 cm³/mol. The Morgan fingerprint density at radius 3 is 2.55 bits per heavy atom. The van der Waals surface area contributed by atoms with E-state index in [0.717, 1.165) is 30.6 Å². The summed E-state index contributed by atoms with van der Waals surface area (Å²) in [5, 5.41) is 9.72. The maximum absolute atomic E-state index is 11.8. The molecular formula is C24H30N2O3. The van der Waals surface area contributed by atoms with Crippen LogP contribution in [0.25, 0.3) is 0 Å². The number of carboxylic acid groups (broad SMARTS) is 1. The van der Waals surface area contributed by atoms with Crippen LogP contribution >= 0.6 is 0 Å². The van der Waals surface area contributed by atoms with Crippen molar-refractivity contribution in [2.45, 2.75) is 32.1 Å². The number of aliphatic carboxylic acids is 1. The first-order valence-electron chi connectivity index (χ1n) is 10.2. The highest BCUT2D eigenvalue weighted by Crippen LogP contribution is 2.39. The molecule has 0 aromatic heterocycles. The molecule has 0 spiro atoms. The van der Waals surface area contributed by atoms with Crippen molar-refractivity contribution in [1.82, 2.24) is 4.90 Å². The van der Waals surface area contributed by atoms with E-state index >= 15 is 0 Å². The molecular weight excluding hydrogens is 364 g/mol. The highest BCUT2D eigenvalue weighted by molar-refractivity contribution is 5.92. The van der Waals surface area contributed by atoms with Crippen molar-refractivity contribution in [2.75, 3.05) is 19.6 Å². The highest BCUT2D eigenvalue weighted by atomic mass is 16.4. The van der Waals surface area contributed by atoms with Gasteiger partial charge in [-0.15, -0.1) is 0 Å². The molecule has 1 fully saturated rings. The fourth-order valence-corrected chi connectivity index (χ4v) is 4.38. The molecule has 2 aromatic rings. The molecule has 5 heteroatoms. The Morgan fingerprint density at radius 1 is 1.21 bits per heavy atom. The fourth-order valence-electron chi connectivity index (χ4n) is 4.38. The average molecular weight is 395 g/mol. The number of carbonyl (C=O) groups excluding carboxylic acids is 1. The lowest BCUT2D eigenvalue weighted by molar-refractivity contribution is -0.142. The van der Waals surface area contributed by atoms with E-state index < -0.39 is 17.8 Å². The summed E-state index contributed by atoms with van der Waals surface area (Å²) in [5.41, 5.74) is 8.10.